The van der Waals surface area contributed by atoms with Crippen molar-refractivity contribution < 1.29 is 22.7 Å². The molecule has 134 valence electrons. The van der Waals surface area contributed by atoms with Gasteiger partial charge < -0.3 is 15.4 Å². The number of anilines is 2. The van der Waals surface area contributed by atoms with E-state index in [-0.39, 0.29) is 5.69 Å². The van der Waals surface area contributed by atoms with Crippen molar-refractivity contribution in [1.82, 2.24) is 0 Å². The average Bonchev–Trinajstić information content (AvgIpc) is 2.56. The van der Waals surface area contributed by atoms with Gasteiger partial charge in [0.05, 0.1) is 12.2 Å². The van der Waals surface area contributed by atoms with E-state index in [1.54, 1.807) is 31.2 Å². The fourth-order valence-corrected chi connectivity index (χ4v) is 2.15. The van der Waals surface area contributed by atoms with E-state index >= 15 is 0 Å². The van der Waals surface area contributed by atoms with Gasteiger partial charge in [-0.3, -0.25) is 4.79 Å². The van der Waals surface area contributed by atoms with E-state index < -0.39 is 23.7 Å². The lowest BCUT2D eigenvalue weighted by Gasteiger charge is -2.16. The highest BCUT2D eigenvalue weighted by molar-refractivity contribution is 5.96. The molecule has 0 aliphatic rings. The summed E-state index contributed by atoms with van der Waals surface area (Å²) < 4.78 is 43.4. The Morgan fingerprint density at radius 1 is 1.12 bits per heavy atom. The lowest BCUT2D eigenvalue weighted by Crippen LogP contribution is -2.31. The summed E-state index contributed by atoms with van der Waals surface area (Å²) in [6.07, 6.45) is -4.45. The third kappa shape index (κ3) is 5.41. The first-order valence-corrected chi connectivity index (χ1v) is 7.77. The summed E-state index contributed by atoms with van der Waals surface area (Å²) in [5, 5.41) is 5.47. The number of alkyl halides is 3. The number of amides is 1. The monoisotopic (exact) mass is 352 g/mol. The molecule has 1 atom stereocenters. The zero-order chi connectivity index (χ0) is 18.4. The highest BCUT2D eigenvalue weighted by Gasteiger charge is 2.30. The molecule has 0 bridgehead atoms. The normalized spacial score (nSPS) is 12.4. The minimum absolute atomic E-state index is 0.0974. The summed E-state index contributed by atoms with van der Waals surface area (Å²) in [5.41, 5.74) is -0.00672. The van der Waals surface area contributed by atoms with Gasteiger partial charge in [0.15, 0.2) is 0 Å². The van der Waals surface area contributed by atoms with Crippen LogP contribution in [0.1, 0.15) is 19.4 Å². The Balaban J connectivity index is 1.98. The van der Waals surface area contributed by atoms with Crippen LogP contribution in [-0.4, -0.2) is 18.6 Å². The van der Waals surface area contributed by atoms with Crippen LogP contribution in [0.15, 0.2) is 48.5 Å². The topological polar surface area (TPSA) is 50.4 Å². The van der Waals surface area contributed by atoms with Crippen molar-refractivity contribution in [2.75, 3.05) is 17.2 Å². The smallest absolute Gasteiger partial charge is 0.416 e. The van der Waals surface area contributed by atoms with Crippen LogP contribution in [0.5, 0.6) is 5.75 Å². The molecule has 7 heteroatoms. The first kappa shape index (κ1) is 18.6. The molecule has 0 aromatic heterocycles. The second-order valence-electron chi connectivity index (χ2n) is 5.39. The number of carbonyl (C=O) groups excluding carboxylic acids is 1. The van der Waals surface area contributed by atoms with Crippen LogP contribution in [0.4, 0.5) is 24.5 Å². The summed E-state index contributed by atoms with van der Waals surface area (Å²) in [4.78, 5) is 12.2. The number of rotatable bonds is 6. The Bertz CT molecular complexity index is 715. The minimum atomic E-state index is -4.45. The van der Waals surface area contributed by atoms with E-state index in [1.165, 1.54) is 12.1 Å². The molecule has 2 aromatic rings. The summed E-state index contributed by atoms with van der Waals surface area (Å²) in [5.74, 6) is 0.280. The highest BCUT2D eigenvalue weighted by Crippen LogP contribution is 2.30. The van der Waals surface area contributed by atoms with Gasteiger partial charge in [0.1, 0.15) is 11.8 Å². The van der Waals surface area contributed by atoms with Crippen molar-refractivity contribution in [3.05, 3.63) is 54.1 Å². The van der Waals surface area contributed by atoms with Crippen molar-refractivity contribution in [3.63, 3.8) is 0 Å². The van der Waals surface area contributed by atoms with E-state index in [1.807, 2.05) is 6.92 Å². The predicted octanol–water partition coefficient (Wildman–Crippen LogP) is 4.54. The average molecular weight is 352 g/mol. The van der Waals surface area contributed by atoms with Gasteiger partial charge in [-0.15, -0.1) is 0 Å². The molecule has 0 fully saturated rings. The molecule has 0 saturated carbocycles. The third-order valence-corrected chi connectivity index (χ3v) is 3.40. The van der Waals surface area contributed by atoms with Crippen LogP contribution in [-0.2, 0) is 11.0 Å². The molecular weight excluding hydrogens is 333 g/mol. The Morgan fingerprint density at radius 3 is 2.40 bits per heavy atom. The largest absolute Gasteiger partial charge is 0.494 e. The Kier molecular flexibility index (Phi) is 5.90. The van der Waals surface area contributed by atoms with Crippen LogP contribution in [0, 0.1) is 0 Å². The Labute approximate surface area is 144 Å². The zero-order valence-electron chi connectivity index (χ0n) is 13.9. The molecule has 25 heavy (non-hydrogen) atoms. The number of hydrogen-bond acceptors (Lipinski definition) is 3. The number of nitrogens with one attached hydrogen (secondary N) is 2. The van der Waals surface area contributed by atoms with Crippen LogP contribution >= 0.6 is 0 Å². The molecule has 0 spiro atoms. The number of benzene rings is 2. The minimum Gasteiger partial charge on any atom is -0.494 e. The van der Waals surface area contributed by atoms with E-state index in [0.29, 0.717) is 18.0 Å². The van der Waals surface area contributed by atoms with Crippen molar-refractivity contribution in [3.8, 4) is 5.75 Å². The van der Waals surface area contributed by atoms with Crippen molar-refractivity contribution >= 4 is 17.3 Å². The molecular formula is C18H19F3N2O2. The number of carbonyl (C=O) groups is 1. The Morgan fingerprint density at radius 2 is 1.80 bits per heavy atom. The number of halogens is 3. The van der Waals surface area contributed by atoms with Crippen LogP contribution in [0.25, 0.3) is 0 Å². The predicted molar refractivity (Wildman–Crippen MR) is 90.8 cm³/mol. The molecule has 2 rings (SSSR count). The third-order valence-electron chi connectivity index (χ3n) is 3.40. The SMILES string of the molecule is CCOc1ccc(N[C@@H](C)C(=O)Nc2cccc(C(F)(F)F)c2)cc1. The molecule has 0 unspecified atom stereocenters. The van der Waals surface area contributed by atoms with Gasteiger partial charge in [0.25, 0.3) is 0 Å². The Hall–Kier alpha value is -2.70. The van der Waals surface area contributed by atoms with E-state index in [0.717, 1.165) is 12.1 Å². The number of ether oxygens (including phenoxy) is 1. The first-order chi connectivity index (χ1) is 11.8. The summed E-state index contributed by atoms with van der Waals surface area (Å²) in [6, 6.07) is 11.0. The molecule has 0 heterocycles. The maximum absolute atomic E-state index is 12.7. The highest BCUT2D eigenvalue weighted by atomic mass is 19.4. The van der Waals surface area contributed by atoms with E-state index in [2.05, 4.69) is 10.6 Å². The maximum atomic E-state index is 12.7. The van der Waals surface area contributed by atoms with E-state index in [9.17, 15) is 18.0 Å². The lowest BCUT2D eigenvalue weighted by atomic mass is 10.2. The molecule has 0 aliphatic heterocycles. The zero-order valence-corrected chi connectivity index (χ0v) is 13.9. The van der Waals surface area contributed by atoms with Gasteiger partial charge in [-0.25, -0.2) is 0 Å². The molecule has 0 radical (unpaired) electrons. The standard InChI is InChI=1S/C18H19F3N2O2/c1-3-25-16-9-7-14(8-10-16)22-12(2)17(24)23-15-6-4-5-13(11-15)18(19,20)21/h4-12,22H,3H2,1-2H3,(H,23,24)/t12-/m0/s1. The van der Waals surface area contributed by atoms with Crippen LogP contribution < -0.4 is 15.4 Å². The molecule has 2 N–H and O–H groups in total. The quantitative estimate of drug-likeness (QED) is 0.802. The van der Waals surface area contributed by atoms with Gasteiger partial charge in [-0.05, 0) is 56.3 Å². The fraction of sp³-hybridized carbons (Fsp3) is 0.278. The fourth-order valence-electron chi connectivity index (χ4n) is 2.15. The van der Waals surface area contributed by atoms with Gasteiger partial charge in [0, 0.05) is 11.4 Å². The van der Waals surface area contributed by atoms with Gasteiger partial charge in [-0.1, -0.05) is 6.07 Å². The summed E-state index contributed by atoms with van der Waals surface area (Å²) in [6.45, 7) is 4.06. The second-order valence-corrected chi connectivity index (χ2v) is 5.39. The second kappa shape index (κ2) is 7.92. The first-order valence-electron chi connectivity index (χ1n) is 7.77. The summed E-state index contributed by atoms with van der Waals surface area (Å²) in [7, 11) is 0. The van der Waals surface area contributed by atoms with Gasteiger partial charge in [-0.2, -0.15) is 13.2 Å². The number of hydrogen-bond donors (Lipinski definition) is 2. The van der Waals surface area contributed by atoms with Crippen molar-refractivity contribution in [2.45, 2.75) is 26.1 Å². The van der Waals surface area contributed by atoms with Crippen molar-refractivity contribution in [1.29, 1.82) is 0 Å². The molecule has 4 nitrogen and oxygen atoms in total. The lowest BCUT2D eigenvalue weighted by molar-refractivity contribution is -0.137. The molecule has 2 aromatic carbocycles. The van der Waals surface area contributed by atoms with E-state index in [4.69, 9.17) is 4.74 Å². The van der Waals surface area contributed by atoms with Crippen LogP contribution in [0.2, 0.25) is 0 Å². The maximum Gasteiger partial charge on any atom is 0.416 e. The van der Waals surface area contributed by atoms with Crippen molar-refractivity contribution in [2.24, 2.45) is 0 Å². The molecule has 1 amide bonds. The van der Waals surface area contributed by atoms with Gasteiger partial charge >= 0.3 is 6.18 Å². The molecule has 0 aliphatic carbocycles. The van der Waals surface area contributed by atoms with Gasteiger partial charge in [0.2, 0.25) is 5.91 Å². The van der Waals surface area contributed by atoms with Crippen LogP contribution in [0.3, 0.4) is 0 Å². The summed E-state index contributed by atoms with van der Waals surface area (Å²) >= 11 is 0. The molecule has 0 saturated heterocycles.